The van der Waals surface area contributed by atoms with Crippen molar-refractivity contribution in [2.24, 2.45) is 0 Å². The molecule has 0 N–H and O–H groups in total. The zero-order valence-corrected chi connectivity index (χ0v) is 33.2. The number of hydrogen-bond donors (Lipinski definition) is 0. The van der Waals surface area contributed by atoms with Crippen LogP contribution in [0.4, 0.5) is 0 Å². The molecular weight excluding hydrogens is 637 g/mol. The summed E-state index contributed by atoms with van der Waals surface area (Å²) in [5.41, 5.74) is 6.53. The molecule has 3 aromatic rings. The maximum atomic E-state index is 7.19. The largest absolute Gasteiger partial charge is 0.314 e. The average molecular weight is 700 g/mol. The highest BCUT2D eigenvalue weighted by atomic mass is 35.5. The average Bonchev–Trinajstić information content (AvgIpc) is 3.06. The fraction of sp³-hybridized carbons (Fsp3) is 0.581. The van der Waals surface area contributed by atoms with E-state index in [0.717, 1.165) is 75.1 Å². The van der Waals surface area contributed by atoms with Crippen LogP contribution in [0.25, 0.3) is 0 Å². The van der Waals surface area contributed by atoms with E-state index < -0.39 is 5.41 Å². The molecule has 0 fully saturated rings. The summed E-state index contributed by atoms with van der Waals surface area (Å²) in [6, 6.07) is 20.9. The molecule has 0 aliphatic rings. The smallest absolute Gasteiger partial charge is 0.139 e. The molecule has 1 nitrogen and oxygen atoms in total. The van der Waals surface area contributed by atoms with Gasteiger partial charge in [0.1, 0.15) is 5.54 Å². The Balaban J connectivity index is 2.74. The van der Waals surface area contributed by atoms with Gasteiger partial charge in [-0.15, -0.1) is 0 Å². The highest BCUT2D eigenvalue weighted by Gasteiger charge is 2.64. The lowest BCUT2D eigenvalue weighted by Gasteiger charge is -2.63. The maximum Gasteiger partial charge on any atom is 0.139 e. The molecule has 1 atom stereocenters. The summed E-state index contributed by atoms with van der Waals surface area (Å²) in [6.07, 6.45) is 13.9. The standard InChI is InChI=1S/C43H63Cl3N/c1-9-14-18-19-26-43(38-25-22-35(8)41(46)32-38,47(27-15-10-2,28-16-11-3)29-17-12-4)42(13-5,36-23-20-33(6)39(44)30-36)37-24-21-34(7)40(45)31-37/h20-25,30-32H,9-19,26-29H2,1-8H3/q+1. The van der Waals surface area contributed by atoms with Crippen molar-refractivity contribution < 1.29 is 4.48 Å². The van der Waals surface area contributed by atoms with E-state index in [1.807, 2.05) is 0 Å². The number of quaternary nitrogens is 1. The van der Waals surface area contributed by atoms with Gasteiger partial charge in [0.25, 0.3) is 0 Å². The number of hydrogen-bond acceptors (Lipinski definition) is 0. The Morgan fingerprint density at radius 3 is 1.23 bits per heavy atom. The van der Waals surface area contributed by atoms with Crippen LogP contribution in [-0.2, 0) is 11.0 Å². The summed E-state index contributed by atoms with van der Waals surface area (Å²) in [5.74, 6) is 0. The van der Waals surface area contributed by atoms with Gasteiger partial charge < -0.3 is 4.48 Å². The second-order valence-corrected chi connectivity index (χ2v) is 15.4. The van der Waals surface area contributed by atoms with E-state index in [4.69, 9.17) is 34.8 Å². The minimum absolute atomic E-state index is 0.330. The number of benzene rings is 3. The zero-order valence-electron chi connectivity index (χ0n) is 30.9. The third-order valence-electron chi connectivity index (χ3n) is 11.2. The lowest BCUT2D eigenvalue weighted by Crippen LogP contribution is -2.71. The molecule has 0 aliphatic carbocycles. The Kier molecular flexibility index (Phi) is 15.7. The van der Waals surface area contributed by atoms with Crippen LogP contribution >= 0.6 is 34.8 Å². The molecule has 0 amide bonds. The molecular formula is C43H63Cl3N+. The van der Waals surface area contributed by atoms with Crippen LogP contribution in [0.15, 0.2) is 54.6 Å². The fourth-order valence-corrected chi connectivity index (χ4v) is 9.07. The van der Waals surface area contributed by atoms with Crippen molar-refractivity contribution in [3.05, 3.63) is 103 Å². The van der Waals surface area contributed by atoms with Crippen molar-refractivity contribution in [3.8, 4) is 0 Å². The van der Waals surface area contributed by atoms with E-state index in [2.05, 4.69) is 110 Å². The lowest BCUT2D eigenvalue weighted by atomic mass is 9.53. The van der Waals surface area contributed by atoms with Crippen LogP contribution in [-0.4, -0.2) is 24.1 Å². The van der Waals surface area contributed by atoms with E-state index in [-0.39, 0.29) is 5.54 Å². The highest BCUT2D eigenvalue weighted by molar-refractivity contribution is 6.32. The van der Waals surface area contributed by atoms with Crippen molar-refractivity contribution in [2.45, 2.75) is 143 Å². The first kappa shape index (κ1) is 39.9. The zero-order chi connectivity index (χ0) is 34.7. The first-order valence-electron chi connectivity index (χ1n) is 18.7. The molecule has 1 unspecified atom stereocenters. The Bertz CT molecular complexity index is 1340. The topological polar surface area (TPSA) is 0 Å². The Hall–Kier alpha value is -1.51. The van der Waals surface area contributed by atoms with Gasteiger partial charge in [0, 0.05) is 27.1 Å². The normalized spacial score (nSPS) is 13.6. The Labute approximate surface area is 304 Å². The summed E-state index contributed by atoms with van der Waals surface area (Å²) in [7, 11) is 0. The van der Waals surface area contributed by atoms with Crippen LogP contribution in [0.1, 0.15) is 145 Å². The highest BCUT2D eigenvalue weighted by Crippen LogP contribution is 2.60. The van der Waals surface area contributed by atoms with Gasteiger partial charge in [-0.1, -0.05) is 144 Å². The summed E-state index contributed by atoms with van der Waals surface area (Å²) in [5, 5.41) is 2.51. The van der Waals surface area contributed by atoms with Gasteiger partial charge in [-0.25, -0.2) is 0 Å². The van der Waals surface area contributed by atoms with Crippen molar-refractivity contribution in [2.75, 3.05) is 19.6 Å². The molecule has 260 valence electrons. The van der Waals surface area contributed by atoms with E-state index in [1.165, 1.54) is 74.5 Å². The molecule has 3 rings (SSSR count). The molecule has 0 saturated heterocycles. The monoisotopic (exact) mass is 698 g/mol. The van der Waals surface area contributed by atoms with Crippen molar-refractivity contribution in [1.82, 2.24) is 0 Å². The number of nitrogens with zero attached hydrogens (tertiary/aromatic N) is 1. The molecule has 4 heteroatoms. The second kappa shape index (κ2) is 18.5. The molecule has 0 bridgehead atoms. The van der Waals surface area contributed by atoms with Crippen LogP contribution in [0.3, 0.4) is 0 Å². The second-order valence-electron chi connectivity index (χ2n) is 14.2. The lowest BCUT2D eigenvalue weighted by molar-refractivity contribution is -0.990. The Morgan fingerprint density at radius 2 is 0.872 bits per heavy atom. The predicted octanol–water partition coefficient (Wildman–Crippen LogP) is 14.4. The molecule has 0 aromatic heterocycles. The quantitative estimate of drug-likeness (QED) is 0.0813. The molecule has 47 heavy (non-hydrogen) atoms. The van der Waals surface area contributed by atoms with E-state index >= 15 is 0 Å². The van der Waals surface area contributed by atoms with Crippen LogP contribution < -0.4 is 0 Å². The minimum atomic E-state index is -0.429. The predicted molar refractivity (Wildman–Crippen MR) is 210 cm³/mol. The number of halogens is 3. The summed E-state index contributed by atoms with van der Waals surface area (Å²) in [4.78, 5) is 0. The van der Waals surface area contributed by atoms with E-state index in [0.29, 0.717) is 0 Å². The fourth-order valence-electron chi connectivity index (χ4n) is 8.53. The molecule has 0 radical (unpaired) electrons. The number of rotatable bonds is 20. The van der Waals surface area contributed by atoms with Crippen LogP contribution in [0.5, 0.6) is 0 Å². The third kappa shape index (κ3) is 8.28. The van der Waals surface area contributed by atoms with Crippen molar-refractivity contribution >= 4 is 34.8 Å². The molecule has 0 saturated carbocycles. The van der Waals surface area contributed by atoms with E-state index in [1.54, 1.807) is 0 Å². The maximum absolute atomic E-state index is 7.19. The van der Waals surface area contributed by atoms with Crippen LogP contribution in [0, 0.1) is 20.8 Å². The first-order chi connectivity index (χ1) is 22.5. The third-order valence-corrected chi connectivity index (χ3v) is 12.5. The van der Waals surface area contributed by atoms with Gasteiger partial charge in [0.05, 0.1) is 25.0 Å². The van der Waals surface area contributed by atoms with Gasteiger partial charge in [0.2, 0.25) is 0 Å². The summed E-state index contributed by atoms with van der Waals surface area (Å²) in [6.45, 7) is 21.6. The molecule has 0 heterocycles. The number of unbranched alkanes of at least 4 members (excludes halogenated alkanes) is 6. The van der Waals surface area contributed by atoms with E-state index in [9.17, 15) is 0 Å². The molecule has 3 aromatic carbocycles. The summed E-state index contributed by atoms with van der Waals surface area (Å²) >= 11 is 21.4. The van der Waals surface area contributed by atoms with Gasteiger partial charge in [-0.3, -0.25) is 0 Å². The minimum Gasteiger partial charge on any atom is -0.314 e. The Morgan fingerprint density at radius 1 is 0.489 bits per heavy atom. The van der Waals surface area contributed by atoms with Crippen LogP contribution in [0.2, 0.25) is 15.1 Å². The molecule has 0 spiro atoms. The first-order valence-corrected chi connectivity index (χ1v) is 19.8. The van der Waals surface area contributed by atoms with Crippen molar-refractivity contribution in [1.29, 1.82) is 0 Å². The van der Waals surface area contributed by atoms with Crippen molar-refractivity contribution in [3.63, 3.8) is 0 Å². The molecule has 0 aliphatic heterocycles. The SMILES string of the molecule is CCCCCCC(c1ccc(C)c(Cl)c1)(C(CC)(c1ccc(C)c(Cl)c1)c1ccc(C)c(Cl)c1)[N+](CCCC)(CCCC)CCCC. The number of aryl methyl sites for hydroxylation is 3. The van der Waals surface area contributed by atoms with Gasteiger partial charge in [0.15, 0.2) is 0 Å². The van der Waals surface area contributed by atoms with Gasteiger partial charge >= 0.3 is 0 Å². The van der Waals surface area contributed by atoms with Gasteiger partial charge in [-0.2, -0.15) is 0 Å². The summed E-state index contributed by atoms with van der Waals surface area (Å²) < 4.78 is 1.04. The van der Waals surface area contributed by atoms with Gasteiger partial charge in [-0.05, 0) is 98.9 Å².